The molecule has 3 aromatic rings. The highest BCUT2D eigenvalue weighted by molar-refractivity contribution is 7.99. The number of hydrogen-bond donors (Lipinski definition) is 1. The van der Waals surface area contributed by atoms with Crippen molar-refractivity contribution >= 4 is 58.5 Å². The highest BCUT2D eigenvalue weighted by Gasteiger charge is 2.19. The Labute approximate surface area is 209 Å². The molecule has 1 N–H and O–H groups in total. The lowest BCUT2D eigenvalue weighted by atomic mass is 10.1. The Bertz CT molecular complexity index is 1250. The molecule has 0 atom stereocenters. The van der Waals surface area contributed by atoms with Crippen LogP contribution in [0.5, 0.6) is 0 Å². The van der Waals surface area contributed by atoms with E-state index in [0.29, 0.717) is 27.6 Å². The second-order valence-corrected chi connectivity index (χ2v) is 8.52. The van der Waals surface area contributed by atoms with E-state index >= 15 is 0 Å². The van der Waals surface area contributed by atoms with E-state index in [4.69, 9.17) is 32.7 Å². The van der Waals surface area contributed by atoms with Crippen molar-refractivity contribution in [3.05, 3.63) is 57.6 Å². The number of ether oxygens (including phenoxy) is 2. The van der Waals surface area contributed by atoms with Crippen LogP contribution < -0.4 is 5.32 Å². The minimum atomic E-state index is -0.656. The molecule has 0 fully saturated rings. The smallest absolute Gasteiger partial charge is 0.339 e. The van der Waals surface area contributed by atoms with Crippen molar-refractivity contribution in [3.63, 3.8) is 0 Å². The minimum Gasteiger partial charge on any atom is -0.465 e. The molecule has 178 valence electrons. The zero-order valence-corrected chi connectivity index (χ0v) is 20.8. The summed E-state index contributed by atoms with van der Waals surface area (Å²) in [6.07, 6.45) is 0. The van der Waals surface area contributed by atoms with Crippen molar-refractivity contribution in [2.75, 3.05) is 25.3 Å². The summed E-state index contributed by atoms with van der Waals surface area (Å²) >= 11 is 13.3. The van der Waals surface area contributed by atoms with Gasteiger partial charge in [0.25, 0.3) is 0 Å². The van der Waals surface area contributed by atoms with Gasteiger partial charge in [-0.05, 0) is 43.3 Å². The number of nitrogens with zero attached hydrogens (tertiary/aromatic N) is 3. The number of esters is 2. The molecule has 12 heteroatoms. The summed E-state index contributed by atoms with van der Waals surface area (Å²) in [4.78, 5) is 36.6. The Morgan fingerprint density at radius 1 is 1.00 bits per heavy atom. The molecule has 1 amide bonds. The number of carbonyl (C=O) groups is 3. The number of methoxy groups -OCH3 is 2. The molecule has 0 saturated heterocycles. The summed E-state index contributed by atoms with van der Waals surface area (Å²) in [5, 5.41) is 12.4. The lowest BCUT2D eigenvalue weighted by Gasteiger charge is -2.12. The van der Waals surface area contributed by atoms with Crippen LogP contribution in [0, 0.1) is 0 Å². The minimum absolute atomic E-state index is 0.0252. The molecule has 0 radical (unpaired) electrons. The first-order chi connectivity index (χ1) is 16.3. The van der Waals surface area contributed by atoms with Crippen LogP contribution in [0.3, 0.4) is 0 Å². The molecule has 2 aromatic carbocycles. The molecular formula is C22H20Cl2N4O5S. The molecule has 3 rings (SSSR count). The van der Waals surface area contributed by atoms with Gasteiger partial charge in [0.2, 0.25) is 5.91 Å². The average molecular weight is 523 g/mol. The van der Waals surface area contributed by atoms with Crippen LogP contribution in [0.4, 0.5) is 5.69 Å². The lowest BCUT2D eigenvalue weighted by Crippen LogP contribution is -2.18. The van der Waals surface area contributed by atoms with Gasteiger partial charge in [-0.2, -0.15) is 0 Å². The van der Waals surface area contributed by atoms with Crippen molar-refractivity contribution in [1.82, 2.24) is 14.8 Å². The predicted octanol–water partition coefficient (Wildman–Crippen LogP) is 4.58. The Hall–Kier alpha value is -3.08. The molecule has 0 aliphatic rings. The Morgan fingerprint density at radius 3 is 2.38 bits per heavy atom. The molecule has 1 aromatic heterocycles. The van der Waals surface area contributed by atoms with Gasteiger partial charge in [-0.3, -0.25) is 4.79 Å². The number of anilines is 1. The van der Waals surface area contributed by atoms with Crippen LogP contribution in [0.2, 0.25) is 10.0 Å². The SMILES string of the molecule is CCn1c(SCC(=O)Nc2cc(C(=O)OC)ccc2C(=O)OC)nnc1-c1ccc(Cl)c(Cl)c1. The molecule has 0 aliphatic heterocycles. The topological polar surface area (TPSA) is 112 Å². The van der Waals surface area contributed by atoms with Crippen LogP contribution in [0.15, 0.2) is 41.6 Å². The maximum absolute atomic E-state index is 12.7. The average Bonchev–Trinajstić information content (AvgIpc) is 3.26. The van der Waals surface area contributed by atoms with Crippen LogP contribution in [-0.4, -0.2) is 52.6 Å². The first-order valence-corrected chi connectivity index (χ1v) is 11.6. The number of benzene rings is 2. The Balaban J connectivity index is 1.78. The van der Waals surface area contributed by atoms with Crippen molar-refractivity contribution < 1.29 is 23.9 Å². The van der Waals surface area contributed by atoms with Gasteiger partial charge in [-0.15, -0.1) is 10.2 Å². The monoisotopic (exact) mass is 522 g/mol. The van der Waals surface area contributed by atoms with Crippen molar-refractivity contribution in [3.8, 4) is 11.4 Å². The van der Waals surface area contributed by atoms with Crippen molar-refractivity contribution in [1.29, 1.82) is 0 Å². The van der Waals surface area contributed by atoms with E-state index in [9.17, 15) is 14.4 Å². The predicted molar refractivity (Wildman–Crippen MR) is 130 cm³/mol. The molecule has 9 nitrogen and oxygen atoms in total. The normalized spacial score (nSPS) is 10.6. The van der Waals surface area contributed by atoms with Gasteiger partial charge >= 0.3 is 11.9 Å². The number of halogens is 2. The van der Waals surface area contributed by atoms with Crippen LogP contribution >= 0.6 is 35.0 Å². The van der Waals surface area contributed by atoms with E-state index in [0.717, 1.165) is 5.56 Å². The summed E-state index contributed by atoms with van der Waals surface area (Å²) in [6, 6.07) is 9.32. The zero-order valence-electron chi connectivity index (χ0n) is 18.4. The second-order valence-electron chi connectivity index (χ2n) is 6.76. The van der Waals surface area contributed by atoms with Gasteiger partial charge < -0.3 is 19.4 Å². The third-order valence-corrected chi connectivity index (χ3v) is 6.37. The van der Waals surface area contributed by atoms with Gasteiger partial charge in [0, 0.05) is 12.1 Å². The number of carbonyl (C=O) groups excluding carboxylic acids is 3. The van der Waals surface area contributed by atoms with E-state index in [1.54, 1.807) is 18.2 Å². The van der Waals surface area contributed by atoms with E-state index < -0.39 is 17.8 Å². The number of aromatic nitrogens is 3. The molecule has 0 bridgehead atoms. The highest BCUT2D eigenvalue weighted by atomic mass is 35.5. The van der Waals surface area contributed by atoms with E-state index in [1.165, 1.54) is 44.2 Å². The van der Waals surface area contributed by atoms with Gasteiger partial charge in [-0.25, -0.2) is 9.59 Å². The maximum Gasteiger partial charge on any atom is 0.339 e. The fourth-order valence-corrected chi connectivity index (χ4v) is 4.13. The molecule has 0 spiro atoms. The molecular weight excluding hydrogens is 503 g/mol. The number of rotatable bonds is 8. The lowest BCUT2D eigenvalue weighted by molar-refractivity contribution is -0.113. The fraction of sp³-hybridized carbons (Fsp3) is 0.227. The van der Waals surface area contributed by atoms with Crippen molar-refractivity contribution in [2.24, 2.45) is 0 Å². The second kappa shape index (κ2) is 11.4. The standard InChI is InChI=1S/C22H20Cl2N4O5S/c1-4-28-19(12-6-8-15(23)16(24)9-12)26-27-22(28)34-11-18(29)25-17-10-13(20(30)32-2)5-7-14(17)21(31)33-3/h5-10H,4,11H2,1-3H3,(H,25,29). The number of nitrogens with one attached hydrogen (secondary N) is 1. The van der Waals surface area contributed by atoms with Crippen LogP contribution in [0.25, 0.3) is 11.4 Å². The van der Waals surface area contributed by atoms with Crippen LogP contribution in [0.1, 0.15) is 27.6 Å². The summed E-state index contributed by atoms with van der Waals surface area (Å²) in [5.74, 6) is -1.12. The first-order valence-electron chi connectivity index (χ1n) is 9.91. The maximum atomic E-state index is 12.7. The summed E-state index contributed by atoms with van der Waals surface area (Å²) in [5.41, 5.74) is 1.15. The number of thioether (sulfide) groups is 1. The molecule has 0 aliphatic carbocycles. The van der Waals surface area contributed by atoms with E-state index in [2.05, 4.69) is 15.5 Å². The third kappa shape index (κ3) is 5.69. The van der Waals surface area contributed by atoms with Crippen LogP contribution in [-0.2, 0) is 20.8 Å². The third-order valence-electron chi connectivity index (χ3n) is 4.66. The molecule has 34 heavy (non-hydrogen) atoms. The fourth-order valence-electron chi connectivity index (χ4n) is 3.03. The molecule has 1 heterocycles. The summed E-state index contributed by atoms with van der Waals surface area (Å²) in [6.45, 7) is 2.48. The zero-order chi connectivity index (χ0) is 24.8. The van der Waals surface area contributed by atoms with Crippen molar-refractivity contribution in [2.45, 2.75) is 18.6 Å². The molecule has 0 unspecified atom stereocenters. The summed E-state index contributed by atoms with van der Waals surface area (Å²) in [7, 11) is 2.46. The quantitative estimate of drug-likeness (QED) is 0.338. The van der Waals surface area contributed by atoms with Gasteiger partial charge in [0.15, 0.2) is 11.0 Å². The van der Waals surface area contributed by atoms with Gasteiger partial charge in [0.1, 0.15) is 0 Å². The Kier molecular flexibility index (Phi) is 8.54. The number of hydrogen-bond acceptors (Lipinski definition) is 8. The van der Waals surface area contributed by atoms with E-state index in [-0.39, 0.29) is 22.6 Å². The van der Waals surface area contributed by atoms with Gasteiger partial charge in [-0.1, -0.05) is 35.0 Å². The Morgan fingerprint density at radius 2 is 1.74 bits per heavy atom. The first kappa shape index (κ1) is 25.5. The van der Waals surface area contributed by atoms with E-state index in [1.807, 2.05) is 11.5 Å². The largest absolute Gasteiger partial charge is 0.465 e. The highest BCUT2D eigenvalue weighted by Crippen LogP contribution is 2.30. The van der Waals surface area contributed by atoms with Gasteiger partial charge in [0.05, 0.1) is 46.8 Å². The summed E-state index contributed by atoms with van der Waals surface area (Å²) < 4.78 is 11.3. The number of amides is 1. The molecule has 0 saturated carbocycles.